The van der Waals surface area contributed by atoms with Crippen LogP contribution in [0.1, 0.15) is 16.9 Å². The fraction of sp³-hybridized carbons (Fsp3) is 0.222. The van der Waals surface area contributed by atoms with Crippen molar-refractivity contribution < 1.29 is 9.53 Å². The third-order valence-corrected chi connectivity index (χ3v) is 4.10. The molecule has 3 aromatic rings. The van der Waals surface area contributed by atoms with Crippen molar-refractivity contribution in [1.29, 1.82) is 0 Å². The molecule has 2 aromatic heterocycles. The van der Waals surface area contributed by atoms with Gasteiger partial charge in [0.1, 0.15) is 23.1 Å². The van der Waals surface area contributed by atoms with E-state index in [2.05, 4.69) is 15.0 Å². The van der Waals surface area contributed by atoms with E-state index >= 15 is 0 Å². The zero-order chi connectivity index (χ0) is 16.4. The van der Waals surface area contributed by atoms with Gasteiger partial charge in [0.15, 0.2) is 0 Å². The molecule has 0 bridgehead atoms. The first kappa shape index (κ1) is 14.6. The molecule has 0 N–H and O–H groups in total. The van der Waals surface area contributed by atoms with Crippen molar-refractivity contribution in [2.45, 2.75) is 12.5 Å². The van der Waals surface area contributed by atoms with Gasteiger partial charge in [-0.25, -0.2) is 4.98 Å². The van der Waals surface area contributed by atoms with Crippen LogP contribution in [-0.2, 0) is 0 Å². The number of nitrogens with zero attached hydrogens (tertiary/aromatic N) is 4. The summed E-state index contributed by atoms with van der Waals surface area (Å²) in [6.07, 6.45) is 7.08. The highest BCUT2D eigenvalue weighted by atomic mass is 16.5. The minimum Gasteiger partial charge on any atom is -0.486 e. The summed E-state index contributed by atoms with van der Waals surface area (Å²) in [5.74, 6) is 0.650. The number of benzene rings is 1. The number of amides is 1. The zero-order valence-electron chi connectivity index (χ0n) is 13.0. The lowest BCUT2D eigenvalue weighted by molar-refractivity contribution is 0.0766. The van der Waals surface area contributed by atoms with Gasteiger partial charge in [0.05, 0.1) is 12.7 Å². The van der Waals surface area contributed by atoms with Crippen LogP contribution in [0.3, 0.4) is 0 Å². The quantitative estimate of drug-likeness (QED) is 0.741. The molecule has 0 aliphatic carbocycles. The van der Waals surface area contributed by atoms with Gasteiger partial charge in [0, 0.05) is 36.9 Å². The lowest BCUT2D eigenvalue weighted by Crippen LogP contribution is -2.31. The molecule has 1 aromatic carbocycles. The van der Waals surface area contributed by atoms with Crippen LogP contribution in [0.15, 0.2) is 55.1 Å². The molecule has 4 rings (SSSR count). The second-order valence-corrected chi connectivity index (χ2v) is 5.70. The van der Waals surface area contributed by atoms with Crippen LogP contribution in [0, 0.1) is 0 Å². The average molecular weight is 320 g/mol. The van der Waals surface area contributed by atoms with E-state index in [0.717, 1.165) is 23.1 Å². The van der Waals surface area contributed by atoms with Crippen molar-refractivity contribution in [2.75, 3.05) is 13.1 Å². The number of para-hydroxylation sites is 1. The SMILES string of the molecule is O=C(c1cnccn1)N1CCC(Oc2cccc3cccnc23)C1. The number of hydrogen-bond acceptors (Lipinski definition) is 5. The van der Waals surface area contributed by atoms with Gasteiger partial charge < -0.3 is 9.64 Å². The largest absolute Gasteiger partial charge is 0.486 e. The predicted molar refractivity (Wildman–Crippen MR) is 88.7 cm³/mol. The third-order valence-electron chi connectivity index (χ3n) is 4.10. The molecule has 24 heavy (non-hydrogen) atoms. The average Bonchev–Trinajstić information content (AvgIpc) is 3.11. The Bertz CT molecular complexity index is 864. The van der Waals surface area contributed by atoms with Crippen molar-refractivity contribution >= 4 is 16.8 Å². The Kier molecular flexibility index (Phi) is 3.78. The Morgan fingerprint density at radius 2 is 2.04 bits per heavy atom. The predicted octanol–water partition coefficient (Wildman–Crippen LogP) is 2.32. The molecule has 1 atom stereocenters. The number of aromatic nitrogens is 3. The van der Waals surface area contributed by atoms with Crippen molar-refractivity contribution in [3.05, 3.63) is 60.8 Å². The standard InChI is InChI=1S/C18H16N4O2/c23-18(15-11-19-8-9-20-15)22-10-6-14(12-22)24-16-5-1-3-13-4-2-7-21-17(13)16/h1-5,7-9,11,14H,6,10,12H2. The van der Waals surface area contributed by atoms with Gasteiger partial charge in [0.25, 0.3) is 5.91 Å². The van der Waals surface area contributed by atoms with E-state index in [0.29, 0.717) is 18.8 Å². The fourth-order valence-electron chi connectivity index (χ4n) is 2.93. The molecule has 6 nitrogen and oxygen atoms in total. The van der Waals surface area contributed by atoms with E-state index in [-0.39, 0.29) is 12.0 Å². The summed E-state index contributed by atoms with van der Waals surface area (Å²) in [5.41, 5.74) is 1.21. The molecule has 1 amide bonds. The molecule has 1 aliphatic rings. The van der Waals surface area contributed by atoms with Crippen LogP contribution in [0.4, 0.5) is 0 Å². The maximum atomic E-state index is 12.4. The molecule has 0 radical (unpaired) electrons. The van der Waals surface area contributed by atoms with Gasteiger partial charge in [-0.05, 0) is 12.1 Å². The molecule has 1 aliphatic heterocycles. The van der Waals surface area contributed by atoms with Crippen LogP contribution >= 0.6 is 0 Å². The molecule has 6 heteroatoms. The molecule has 3 heterocycles. The summed E-state index contributed by atoms with van der Waals surface area (Å²) in [7, 11) is 0. The van der Waals surface area contributed by atoms with Crippen LogP contribution < -0.4 is 4.74 Å². The van der Waals surface area contributed by atoms with Crippen LogP contribution in [0.2, 0.25) is 0 Å². The molecule has 0 saturated carbocycles. The highest BCUT2D eigenvalue weighted by Crippen LogP contribution is 2.26. The minimum absolute atomic E-state index is 0.0433. The van der Waals surface area contributed by atoms with Gasteiger partial charge in [0.2, 0.25) is 0 Å². The van der Waals surface area contributed by atoms with Crippen LogP contribution in [0.25, 0.3) is 10.9 Å². The first-order chi connectivity index (χ1) is 11.8. The monoisotopic (exact) mass is 320 g/mol. The number of carbonyl (C=O) groups excluding carboxylic acids is 1. The summed E-state index contributed by atoms with van der Waals surface area (Å²) in [6.45, 7) is 1.19. The zero-order valence-corrected chi connectivity index (χ0v) is 13.0. The van der Waals surface area contributed by atoms with Crippen LogP contribution in [0.5, 0.6) is 5.75 Å². The Labute approximate surface area is 139 Å². The van der Waals surface area contributed by atoms with Gasteiger partial charge in [-0.15, -0.1) is 0 Å². The Hall–Kier alpha value is -3.02. The number of rotatable bonds is 3. The van der Waals surface area contributed by atoms with Crippen molar-refractivity contribution in [1.82, 2.24) is 19.9 Å². The maximum absolute atomic E-state index is 12.4. The van der Waals surface area contributed by atoms with E-state index in [1.54, 1.807) is 17.3 Å². The summed E-state index contributed by atoms with van der Waals surface area (Å²) in [5, 5.41) is 1.04. The van der Waals surface area contributed by atoms with Gasteiger partial charge in [-0.3, -0.25) is 14.8 Å². The highest BCUT2D eigenvalue weighted by Gasteiger charge is 2.29. The number of ether oxygens (including phenoxy) is 1. The number of fused-ring (bicyclic) bond motifs is 1. The minimum atomic E-state index is -0.106. The van der Waals surface area contributed by atoms with E-state index < -0.39 is 0 Å². The maximum Gasteiger partial charge on any atom is 0.274 e. The van der Waals surface area contributed by atoms with Gasteiger partial charge in [-0.2, -0.15) is 0 Å². The second-order valence-electron chi connectivity index (χ2n) is 5.70. The lowest BCUT2D eigenvalue weighted by Gasteiger charge is -2.17. The third kappa shape index (κ3) is 2.78. The molecule has 1 unspecified atom stereocenters. The molecule has 1 saturated heterocycles. The van der Waals surface area contributed by atoms with E-state index in [1.807, 2.05) is 30.3 Å². The molecule has 1 fully saturated rings. The smallest absolute Gasteiger partial charge is 0.274 e. The fourth-order valence-corrected chi connectivity index (χ4v) is 2.93. The van der Waals surface area contributed by atoms with Crippen molar-refractivity contribution in [3.8, 4) is 5.75 Å². The Morgan fingerprint density at radius 1 is 1.12 bits per heavy atom. The molecular weight excluding hydrogens is 304 g/mol. The van der Waals surface area contributed by atoms with E-state index in [1.165, 1.54) is 12.4 Å². The van der Waals surface area contributed by atoms with Crippen molar-refractivity contribution in [2.24, 2.45) is 0 Å². The Balaban J connectivity index is 1.48. The summed E-state index contributed by atoms with van der Waals surface area (Å²) >= 11 is 0. The second kappa shape index (κ2) is 6.23. The lowest BCUT2D eigenvalue weighted by atomic mass is 10.2. The summed E-state index contributed by atoms with van der Waals surface area (Å²) in [4.78, 5) is 26.6. The molecular formula is C18H16N4O2. The van der Waals surface area contributed by atoms with Crippen molar-refractivity contribution in [3.63, 3.8) is 0 Å². The number of pyridine rings is 1. The van der Waals surface area contributed by atoms with Gasteiger partial charge in [-0.1, -0.05) is 18.2 Å². The first-order valence-corrected chi connectivity index (χ1v) is 7.87. The van der Waals surface area contributed by atoms with E-state index in [4.69, 9.17) is 4.74 Å². The topological polar surface area (TPSA) is 68.2 Å². The summed E-state index contributed by atoms with van der Waals surface area (Å²) in [6, 6.07) is 9.80. The van der Waals surface area contributed by atoms with Gasteiger partial charge >= 0.3 is 0 Å². The molecule has 120 valence electrons. The highest BCUT2D eigenvalue weighted by molar-refractivity contribution is 5.92. The Morgan fingerprint density at radius 3 is 2.92 bits per heavy atom. The first-order valence-electron chi connectivity index (χ1n) is 7.87. The van der Waals surface area contributed by atoms with Crippen LogP contribution in [-0.4, -0.2) is 45.0 Å². The van der Waals surface area contributed by atoms with E-state index in [9.17, 15) is 4.79 Å². The number of hydrogen-bond donors (Lipinski definition) is 0. The normalized spacial score (nSPS) is 17.2. The number of carbonyl (C=O) groups is 1. The summed E-state index contributed by atoms with van der Waals surface area (Å²) < 4.78 is 6.11. The number of likely N-dealkylation sites (tertiary alicyclic amines) is 1. The molecule has 0 spiro atoms.